The van der Waals surface area contributed by atoms with Gasteiger partial charge >= 0.3 is 12.1 Å². The number of alkyl halides is 3. The molecule has 5 atom stereocenters. The summed E-state index contributed by atoms with van der Waals surface area (Å²) in [7, 11) is 1.66. The molecule has 0 spiro atoms. The van der Waals surface area contributed by atoms with Gasteiger partial charge in [-0.1, -0.05) is 19.6 Å². The first kappa shape index (κ1) is 20.3. The van der Waals surface area contributed by atoms with Crippen molar-refractivity contribution in [2.24, 2.45) is 17.3 Å². The molecule has 0 aliphatic heterocycles. The van der Waals surface area contributed by atoms with Gasteiger partial charge in [-0.3, -0.25) is 0 Å². The van der Waals surface area contributed by atoms with Crippen LogP contribution in [0.5, 0.6) is 5.75 Å². The summed E-state index contributed by atoms with van der Waals surface area (Å²) in [4.78, 5) is 11.7. The molecule has 0 aromatic heterocycles. The predicted molar refractivity (Wildman–Crippen MR) is 103 cm³/mol. The van der Waals surface area contributed by atoms with Gasteiger partial charge in [0.15, 0.2) is 0 Å². The number of aryl methyl sites for hydroxylation is 1. The molecule has 2 saturated carbocycles. The van der Waals surface area contributed by atoms with Crippen molar-refractivity contribution in [1.82, 2.24) is 0 Å². The van der Waals surface area contributed by atoms with E-state index < -0.39 is 23.2 Å². The van der Waals surface area contributed by atoms with Crippen molar-refractivity contribution in [1.29, 1.82) is 0 Å². The van der Waals surface area contributed by atoms with Crippen molar-refractivity contribution in [3.63, 3.8) is 0 Å². The molecule has 29 heavy (non-hydrogen) atoms. The maximum absolute atomic E-state index is 12.9. The van der Waals surface area contributed by atoms with E-state index in [4.69, 9.17) is 9.47 Å². The minimum atomic E-state index is -5.00. The van der Waals surface area contributed by atoms with Gasteiger partial charge in [0.05, 0.1) is 7.11 Å². The fourth-order valence-electron chi connectivity index (χ4n) is 6.49. The molecule has 0 bridgehead atoms. The zero-order chi connectivity index (χ0) is 21.0. The van der Waals surface area contributed by atoms with Gasteiger partial charge in [-0.25, -0.2) is 4.79 Å². The van der Waals surface area contributed by atoms with E-state index in [1.165, 1.54) is 17.2 Å². The predicted octanol–water partition coefficient (Wildman–Crippen LogP) is 5.58. The number of hydrogen-bond acceptors (Lipinski definition) is 3. The molecule has 4 rings (SSSR count). The Morgan fingerprint density at radius 3 is 2.66 bits per heavy atom. The molecule has 0 amide bonds. The van der Waals surface area contributed by atoms with Crippen LogP contribution < -0.4 is 4.74 Å². The molecule has 6 heteroatoms. The molecular formula is C23H27F3O3. The second kappa shape index (κ2) is 6.78. The number of ether oxygens (including phenoxy) is 2. The molecule has 3 aliphatic rings. The Balaban J connectivity index is 1.64. The second-order valence-electron chi connectivity index (χ2n) is 8.96. The maximum Gasteiger partial charge on any atom is 0.490 e. The molecule has 1 aromatic carbocycles. The van der Waals surface area contributed by atoms with Crippen LogP contribution in [0, 0.1) is 17.3 Å². The minimum Gasteiger partial charge on any atom is -0.497 e. The standard InChI is InChI=1S/C23H27F3O3/c1-4-22(29-20(27)23(24,25)26)12-10-19-18-7-5-14-13-15(28-3)6-8-16(14)17(18)9-11-21(19,22)2/h4,6,8,13,17-19H,1,5,7,9-12H2,2-3H3. The molecule has 3 aliphatic carbocycles. The lowest BCUT2D eigenvalue weighted by molar-refractivity contribution is -0.220. The summed E-state index contributed by atoms with van der Waals surface area (Å²) < 4.78 is 49.3. The number of rotatable bonds is 3. The SMILES string of the molecule is C=CC1(OC(=O)C(F)(F)F)CCC2C3CCc4cc(OC)ccc4C3CCC21C. The maximum atomic E-state index is 12.9. The summed E-state index contributed by atoms with van der Waals surface area (Å²) in [5.41, 5.74) is 0.870. The number of fused-ring (bicyclic) bond motifs is 5. The van der Waals surface area contributed by atoms with Crippen molar-refractivity contribution < 1.29 is 27.4 Å². The highest BCUT2D eigenvalue weighted by atomic mass is 19.4. The highest BCUT2D eigenvalue weighted by Crippen LogP contribution is 2.65. The highest BCUT2D eigenvalue weighted by Gasteiger charge is 2.64. The normalized spacial score (nSPS) is 35.8. The molecule has 3 nitrogen and oxygen atoms in total. The molecule has 0 radical (unpaired) electrons. The number of halogens is 3. The Labute approximate surface area is 169 Å². The van der Waals surface area contributed by atoms with E-state index in [1.807, 2.05) is 13.0 Å². The molecule has 0 saturated heterocycles. The summed E-state index contributed by atoms with van der Waals surface area (Å²) in [6.45, 7) is 5.78. The van der Waals surface area contributed by atoms with Gasteiger partial charge in [-0.05, 0) is 85.6 Å². The van der Waals surface area contributed by atoms with E-state index in [0.717, 1.165) is 31.4 Å². The van der Waals surface area contributed by atoms with Crippen LogP contribution >= 0.6 is 0 Å². The van der Waals surface area contributed by atoms with Gasteiger partial charge in [0.1, 0.15) is 11.4 Å². The Hall–Kier alpha value is -1.98. The van der Waals surface area contributed by atoms with Gasteiger partial charge in [0, 0.05) is 5.41 Å². The molecule has 1 aromatic rings. The average molecular weight is 408 g/mol. The van der Waals surface area contributed by atoms with Crippen molar-refractivity contribution in [3.05, 3.63) is 42.0 Å². The van der Waals surface area contributed by atoms with Crippen LogP contribution in [0.4, 0.5) is 13.2 Å². The summed E-state index contributed by atoms with van der Waals surface area (Å²) >= 11 is 0. The first-order chi connectivity index (χ1) is 13.6. The monoisotopic (exact) mass is 408 g/mol. The lowest BCUT2D eigenvalue weighted by atomic mass is 9.53. The first-order valence-corrected chi connectivity index (χ1v) is 10.3. The molecule has 158 valence electrons. The number of carbonyl (C=O) groups excluding carboxylic acids is 1. The first-order valence-electron chi connectivity index (χ1n) is 10.3. The van der Waals surface area contributed by atoms with Crippen molar-refractivity contribution >= 4 is 5.97 Å². The van der Waals surface area contributed by atoms with Crippen LogP contribution in [0.1, 0.15) is 56.1 Å². The van der Waals surface area contributed by atoms with E-state index in [0.29, 0.717) is 24.7 Å². The third-order valence-corrected chi connectivity index (χ3v) is 7.95. The quantitative estimate of drug-likeness (QED) is 0.484. The topological polar surface area (TPSA) is 35.5 Å². The van der Waals surface area contributed by atoms with Gasteiger partial charge in [-0.15, -0.1) is 0 Å². The number of benzene rings is 1. The van der Waals surface area contributed by atoms with Crippen LogP contribution in [0.15, 0.2) is 30.9 Å². The number of carbonyl (C=O) groups is 1. The van der Waals surface area contributed by atoms with Crippen LogP contribution in [0.2, 0.25) is 0 Å². The number of methoxy groups -OCH3 is 1. The Morgan fingerprint density at radius 1 is 1.24 bits per heavy atom. The van der Waals surface area contributed by atoms with Crippen LogP contribution in [0.25, 0.3) is 0 Å². The van der Waals surface area contributed by atoms with E-state index in [9.17, 15) is 18.0 Å². The van der Waals surface area contributed by atoms with E-state index in [1.54, 1.807) is 7.11 Å². The zero-order valence-corrected chi connectivity index (χ0v) is 16.8. The van der Waals surface area contributed by atoms with Crippen LogP contribution in [-0.2, 0) is 16.0 Å². The fraction of sp³-hybridized carbons (Fsp3) is 0.609. The number of esters is 1. The van der Waals surface area contributed by atoms with E-state index in [-0.39, 0.29) is 5.92 Å². The Morgan fingerprint density at radius 2 is 2.00 bits per heavy atom. The molecular weight excluding hydrogens is 381 g/mol. The molecule has 5 unspecified atom stereocenters. The third-order valence-electron chi connectivity index (χ3n) is 7.95. The lowest BCUT2D eigenvalue weighted by Gasteiger charge is -2.53. The van der Waals surface area contributed by atoms with Gasteiger partial charge in [0.2, 0.25) is 0 Å². The van der Waals surface area contributed by atoms with Gasteiger partial charge in [-0.2, -0.15) is 13.2 Å². The van der Waals surface area contributed by atoms with Gasteiger partial charge < -0.3 is 9.47 Å². The van der Waals surface area contributed by atoms with Crippen molar-refractivity contribution in [3.8, 4) is 5.75 Å². The van der Waals surface area contributed by atoms with Crippen LogP contribution in [-0.4, -0.2) is 24.9 Å². The molecule has 0 N–H and O–H groups in total. The Kier molecular flexibility index (Phi) is 4.74. The lowest BCUT2D eigenvalue weighted by Crippen LogP contribution is -2.53. The average Bonchev–Trinajstić information content (AvgIpc) is 2.99. The summed E-state index contributed by atoms with van der Waals surface area (Å²) in [5, 5.41) is 0. The van der Waals surface area contributed by atoms with E-state index >= 15 is 0 Å². The Bertz CT molecular complexity index is 833. The highest BCUT2D eigenvalue weighted by molar-refractivity contribution is 5.76. The minimum absolute atomic E-state index is 0.204. The van der Waals surface area contributed by atoms with Crippen molar-refractivity contribution in [2.45, 2.75) is 63.1 Å². The van der Waals surface area contributed by atoms with E-state index in [2.05, 4.69) is 18.7 Å². The summed E-state index contributed by atoms with van der Waals surface area (Å²) in [5.74, 6) is -0.283. The van der Waals surface area contributed by atoms with Crippen molar-refractivity contribution in [2.75, 3.05) is 7.11 Å². The third kappa shape index (κ3) is 2.98. The summed E-state index contributed by atoms with van der Waals surface area (Å²) in [6.07, 6.45) is 1.12. The van der Waals surface area contributed by atoms with Gasteiger partial charge in [0.25, 0.3) is 0 Å². The smallest absolute Gasteiger partial charge is 0.490 e. The number of hydrogen-bond donors (Lipinski definition) is 0. The molecule has 0 heterocycles. The largest absolute Gasteiger partial charge is 0.497 e. The zero-order valence-electron chi connectivity index (χ0n) is 16.8. The molecule has 2 fully saturated rings. The second-order valence-corrected chi connectivity index (χ2v) is 8.96. The fourth-order valence-corrected chi connectivity index (χ4v) is 6.49. The van der Waals surface area contributed by atoms with Crippen LogP contribution in [0.3, 0.4) is 0 Å². The summed E-state index contributed by atoms with van der Waals surface area (Å²) in [6, 6.07) is 6.24.